The van der Waals surface area contributed by atoms with Gasteiger partial charge in [0.15, 0.2) is 0 Å². The molecular weight excluding hydrogens is 309 g/mol. The third-order valence-corrected chi connectivity index (χ3v) is 5.05. The van der Waals surface area contributed by atoms with Crippen molar-refractivity contribution < 1.29 is 9.18 Å². The molecule has 5 nitrogen and oxygen atoms in total. The Hall–Kier alpha value is -2.50. The largest absolute Gasteiger partial charge is 0.332 e. The molecule has 2 aliphatic rings. The molecular formula is C18H18FN3O2. The van der Waals surface area contributed by atoms with E-state index in [4.69, 9.17) is 0 Å². The van der Waals surface area contributed by atoms with E-state index in [1.165, 1.54) is 12.1 Å². The van der Waals surface area contributed by atoms with Gasteiger partial charge in [-0.15, -0.1) is 0 Å². The van der Waals surface area contributed by atoms with Gasteiger partial charge in [-0.1, -0.05) is 12.1 Å². The van der Waals surface area contributed by atoms with Gasteiger partial charge in [-0.25, -0.2) is 9.37 Å². The summed E-state index contributed by atoms with van der Waals surface area (Å²) in [6, 6.07) is 5.96. The number of carbonyl (C=O) groups is 1. The Bertz CT molecular complexity index is 877. The zero-order valence-corrected chi connectivity index (χ0v) is 13.4. The van der Waals surface area contributed by atoms with E-state index in [0.29, 0.717) is 24.2 Å². The van der Waals surface area contributed by atoms with E-state index in [1.54, 1.807) is 24.0 Å². The molecule has 0 radical (unpaired) electrons. The topological polar surface area (TPSA) is 66.1 Å². The highest BCUT2D eigenvalue weighted by molar-refractivity contribution is 5.95. The van der Waals surface area contributed by atoms with Crippen LogP contribution < -0.4 is 5.56 Å². The van der Waals surface area contributed by atoms with Gasteiger partial charge >= 0.3 is 0 Å². The summed E-state index contributed by atoms with van der Waals surface area (Å²) in [5, 5.41) is 0. The minimum atomic E-state index is -0.504. The van der Waals surface area contributed by atoms with Crippen molar-refractivity contribution in [1.82, 2.24) is 14.9 Å². The first-order valence-corrected chi connectivity index (χ1v) is 8.20. The summed E-state index contributed by atoms with van der Waals surface area (Å²) >= 11 is 0. The average molecular weight is 327 g/mol. The van der Waals surface area contributed by atoms with Crippen LogP contribution in [0.15, 0.2) is 29.1 Å². The molecule has 3 heterocycles. The second-order valence-electron chi connectivity index (χ2n) is 6.56. The monoisotopic (exact) mass is 327 g/mol. The van der Waals surface area contributed by atoms with Crippen molar-refractivity contribution in [3.05, 3.63) is 63.1 Å². The highest BCUT2D eigenvalue weighted by Crippen LogP contribution is 2.34. The third-order valence-electron chi connectivity index (χ3n) is 5.05. The van der Waals surface area contributed by atoms with E-state index in [2.05, 4.69) is 9.97 Å². The van der Waals surface area contributed by atoms with Gasteiger partial charge in [0.25, 0.3) is 11.5 Å². The Morgan fingerprint density at radius 2 is 1.96 bits per heavy atom. The number of aromatic nitrogens is 2. The number of fused-ring (bicyclic) bond motifs is 3. The quantitative estimate of drug-likeness (QED) is 0.871. The van der Waals surface area contributed by atoms with E-state index in [-0.39, 0.29) is 29.1 Å². The van der Waals surface area contributed by atoms with Crippen LogP contribution in [-0.4, -0.2) is 32.9 Å². The first-order chi connectivity index (χ1) is 11.5. The minimum absolute atomic E-state index is 0.0305. The van der Waals surface area contributed by atoms with Crippen molar-refractivity contribution in [3.63, 3.8) is 0 Å². The maximum absolute atomic E-state index is 14.0. The molecule has 2 atom stereocenters. The van der Waals surface area contributed by atoms with Gasteiger partial charge < -0.3 is 9.88 Å². The normalized spacial score (nSPS) is 22.2. The summed E-state index contributed by atoms with van der Waals surface area (Å²) in [7, 11) is 0. The number of aryl methyl sites for hydroxylation is 1. The zero-order chi connectivity index (χ0) is 16.8. The number of halogens is 1. The zero-order valence-electron chi connectivity index (χ0n) is 13.4. The van der Waals surface area contributed by atoms with Gasteiger partial charge in [0.1, 0.15) is 11.6 Å². The number of nitrogens with one attached hydrogen (secondary N) is 1. The second kappa shape index (κ2) is 5.54. The minimum Gasteiger partial charge on any atom is -0.332 e. The molecule has 6 heteroatoms. The second-order valence-corrected chi connectivity index (χ2v) is 6.56. The van der Waals surface area contributed by atoms with Gasteiger partial charge in [-0.05, 0) is 31.9 Å². The van der Waals surface area contributed by atoms with Gasteiger partial charge in [0.05, 0.1) is 11.3 Å². The SMILES string of the molecule is Cc1nc2c(c(=O)[nH]1)C[C@@H]1CC[C@H](C2)N1C(=O)c1ccccc1F. The van der Waals surface area contributed by atoms with Crippen LogP contribution in [0.5, 0.6) is 0 Å². The molecule has 1 aromatic carbocycles. The summed E-state index contributed by atoms with van der Waals surface area (Å²) < 4.78 is 14.0. The van der Waals surface area contributed by atoms with Crippen LogP contribution >= 0.6 is 0 Å². The summed E-state index contributed by atoms with van der Waals surface area (Å²) in [5.41, 5.74) is 1.41. The third kappa shape index (κ3) is 2.33. The fraction of sp³-hybridized carbons (Fsp3) is 0.389. The van der Waals surface area contributed by atoms with Crippen LogP contribution in [0.1, 0.15) is 40.3 Å². The number of nitrogens with zero attached hydrogens (tertiary/aromatic N) is 2. The van der Waals surface area contributed by atoms with Crippen molar-refractivity contribution in [2.75, 3.05) is 0 Å². The lowest BCUT2D eigenvalue weighted by Gasteiger charge is -2.28. The average Bonchev–Trinajstić information content (AvgIpc) is 2.83. The molecule has 4 rings (SSSR count). The molecule has 24 heavy (non-hydrogen) atoms. The van der Waals surface area contributed by atoms with E-state index in [9.17, 15) is 14.0 Å². The molecule has 2 aliphatic heterocycles. The number of aromatic amines is 1. The van der Waals surface area contributed by atoms with Gasteiger partial charge in [-0.3, -0.25) is 9.59 Å². The van der Waals surface area contributed by atoms with Crippen LogP contribution in [0.4, 0.5) is 4.39 Å². The smallest absolute Gasteiger partial charge is 0.257 e. The van der Waals surface area contributed by atoms with Gasteiger partial charge in [-0.2, -0.15) is 0 Å². The van der Waals surface area contributed by atoms with Crippen LogP contribution in [0.3, 0.4) is 0 Å². The molecule has 124 valence electrons. The summed E-state index contributed by atoms with van der Waals surface area (Å²) in [6.07, 6.45) is 2.72. The maximum Gasteiger partial charge on any atom is 0.257 e. The number of carbonyl (C=O) groups excluding carboxylic acids is 1. The summed E-state index contributed by atoms with van der Waals surface area (Å²) in [6.45, 7) is 1.76. The Balaban J connectivity index is 1.73. The Kier molecular flexibility index (Phi) is 3.48. The van der Waals surface area contributed by atoms with E-state index in [1.807, 2.05) is 0 Å². The molecule has 0 spiro atoms. The first-order valence-electron chi connectivity index (χ1n) is 8.20. The number of H-pyrrole nitrogens is 1. The fourth-order valence-electron chi connectivity index (χ4n) is 3.97. The molecule has 1 amide bonds. The Morgan fingerprint density at radius 1 is 1.25 bits per heavy atom. The van der Waals surface area contributed by atoms with Crippen LogP contribution in [0, 0.1) is 12.7 Å². The molecule has 1 saturated heterocycles. The fourth-order valence-corrected chi connectivity index (χ4v) is 3.97. The molecule has 0 saturated carbocycles. The lowest BCUT2D eigenvalue weighted by atomic mass is 9.98. The van der Waals surface area contributed by atoms with Crippen LogP contribution in [0.2, 0.25) is 0 Å². The standard InChI is InChI=1S/C18H18FN3O2/c1-10-20-16-9-12-7-6-11(8-14(16)17(23)21-10)22(12)18(24)13-4-2-3-5-15(13)19/h2-5,11-12H,6-9H2,1H3,(H,20,21,23)/t11-,12+/m0/s1. The number of rotatable bonds is 1. The lowest BCUT2D eigenvalue weighted by molar-refractivity contribution is 0.0668. The molecule has 1 aromatic heterocycles. The van der Waals surface area contributed by atoms with E-state index >= 15 is 0 Å². The van der Waals surface area contributed by atoms with Crippen molar-refractivity contribution in [1.29, 1.82) is 0 Å². The predicted octanol–water partition coefficient (Wildman–Crippen LogP) is 1.99. The number of benzene rings is 1. The molecule has 1 N–H and O–H groups in total. The van der Waals surface area contributed by atoms with Gasteiger partial charge in [0, 0.05) is 30.5 Å². The molecule has 0 aliphatic carbocycles. The molecule has 2 aromatic rings. The summed E-state index contributed by atoms with van der Waals surface area (Å²) in [5.74, 6) is -0.208. The molecule has 0 unspecified atom stereocenters. The highest BCUT2D eigenvalue weighted by Gasteiger charge is 2.41. The number of hydrogen-bond donors (Lipinski definition) is 1. The molecule has 2 bridgehead atoms. The Labute approximate surface area is 138 Å². The van der Waals surface area contributed by atoms with Crippen molar-refractivity contribution in [2.24, 2.45) is 0 Å². The number of amides is 1. The lowest BCUT2D eigenvalue weighted by Crippen LogP contribution is -2.42. The van der Waals surface area contributed by atoms with Crippen LogP contribution in [-0.2, 0) is 12.8 Å². The number of hydrogen-bond acceptors (Lipinski definition) is 3. The molecule has 1 fully saturated rings. The maximum atomic E-state index is 14.0. The van der Waals surface area contributed by atoms with Crippen molar-refractivity contribution >= 4 is 5.91 Å². The Morgan fingerprint density at radius 3 is 2.71 bits per heavy atom. The highest BCUT2D eigenvalue weighted by atomic mass is 19.1. The predicted molar refractivity (Wildman–Crippen MR) is 86.4 cm³/mol. The van der Waals surface area contributed by atoms with Gasteiger partial charge in [0.2, 0.25) is 0 Å². The van der Waals surface area contributed by atoms with Crippen LogP contribution in [0.25, 0.3) is 0 Å². The van der Waals surface area contributed by atoms with E-state index < -0.39 is 5.82 Å². The van der Waals surface area contributed by atoms with Crippen molar-refractivity contribution in [2.45, 2.75) is 44.7 Å². The first kappa shape index (κ1) is 15.1. The summed E-state index contributed by atoms with van der Waals surface area (Å²) in [4.78, 5) is 34.2. The van der Waals surface area contributed by atoms with E-state index in [0.717, 1.165) is 18.5 Å². The van der Waals surface area contributed by atoms with Crippen molar-refractivity contribution in [3.8, 4) is 0 Å².